The van der Waals surface area contributed by atoms with Gasteiger partial charge in [-0.05, 0) is 55.0 Å². The van der Waals surface area contributed by atoms with E-state index in [9.17, 15) is 0 Å². The van der Waals surface area contributed by atoms with Gasteiger partial charge in [-0.2, -0.15) is 5.10 Å². The Labute approximate surface area is 175 Å². The normalized spacial score (nSPS) is 12.6. The molecule has 2 aromatic heterocycles. The van der Waals surface area contributed by atoms with E-state index in [1.165, 1.54) is 4.88 Å². The van der Waals surface area contributed by atoms with Gasteiger partial charge in [-0.25, -0.2) is 9.98 Å². The van der Waals surface area contributed by atoms with Crippen LogP contribution in [0.3, 0.4) is 0 Å². The van der Waals surface area contributed by atoms with Crippen LogP contribution in [0.15, 0.2) is 46.8 Å². The number of aromatic nitrogens is 3. The minimum Gasteiger partial charge on any atom is -0.497 e. The molecule has 1 atom stereocenters. The molecule has 3 aromatic rings. The van der Waals surface area contributed by atoms with E-state index in [4.69, 9.17) is 4.74 Å². The van der Waals surface area contributed by atoms with Gasteiger partial charge in [0.25, 0.3) is 0 Å². The number of benzene rings is 1. The summed E-state index contributed by atoms with van der Waals surface area (Å²) >= 11 is 1.81. The molecule has 8 heteroatoms. The van der Waals surface area contributed by atoms with Crippen LogP contribution in [0.5, 0.6) is 5.75 Å². The maximum absolute atomic E-state index is 5.19. The summed E-state index contributed by atoms with van der Waals surface area (Å²) in [5, 5.41) is 16.1. The number of aromatic amines is 1. The fourth-order valence-electron chi connectivity index (χ4n) is 2.85. The molecule has 0 fully saturated rings. The molecule has 1 aromatic carbocycles. The summed E-state index contributed by atoms with van der Waals surface area (Å²) in [7, 11) is 1.65. The van der Waals surface area contributed by atoms with E-state index in [1.807, 2.05) is 24.3 Å². The van der Waals surface area contributed by atoms with Gasteiger partial charge in [0.15, 0.2) is 11.8 Å². The number of thiophene rings is 1. The third kappa shape index (κ3) is 6.32. The third-order valence-electron chi connectivity index (χ3n) is 4.36. The highest BCUT2D eigenvalue weighted by Crippen LogP contribution is 2.19. The van der Waals surface area contributed by atoms with E-state index in [0.29, 0.717) is 18.3 Å². The Hall–Kier alpha value is -2.87. The Kier molecular flexibility index (Phi) is 7.63. The van der Waals surface area contributed by atoms with Gasteiger partial charge in [0.2, 0.25) is 0 Å². The summed E-state index contributed by atoms with van der Waals surface area (Å²) in [5.74, 6) is 3.49. The van der Waals surface area contributed by atoms with E-state index < -0.39 is 0 Å². The van der Waals surface area contributed by atoms with Gasteiger partial charge in [0.05, 0.1) is 7.11 Å². The zero-order chi connectivity index (χ0) is 20.5. The van der Waals surface area contributed by atoms with E-state index in [1.54, 1.807) is 18.4 Å². The lowest BCUT2D eigenvalue weighted by atomic mass is 10.1. The highest BCUT2D eigenvalue weighted by Gasteiger charge is 2.08. The number of nitrogens with one attached hydrogen (secondary N) is 3. The summed E-state index contributed by atoms with van der Waals surface area (Å²) in [5.41, 5.74) is 0.935. The van der Waals surface area contributed by atoms with E-state index in [0.717, 1.165) is 42.6 Å². The molecular weight excluding hydrogens is 384 g/mol. The Morgan fingerprint density at radius 3 is 2.76 bits per heavy atom. The van der Waals surface area contributed by atoms with Crippen LogP contribution >= 0.6 is 11.3 Å². The largest absolute Gasteiger partial charge is 0.497 e. The Balaban J connectivity index is 1.56. The molecule has 0 aliphatic heterocycles. The lowest BCUT2D eigenvalue weighted by Crippen LogP contribution is -2.39. The minimum atomic E-state index is 0.428. The summed E-state index contributed by atoms with van der Waals surface area (Å²) < 4.78 is 5.19. The molecule has 0 bridgehead atoms. The van der Waals surface area contributed by atoms with Crippen molar-refractivity contribution in [1.82, 2.24) is 25.8 Å². The van der Waals surface area contributed by atoms with Crippen molar-refractivity contribution in [3.63, 3.8) is 0 Å². The Morgan fingerprint density at radius 2 is 2.07 bits per heavy atom. The lowest BCUT2D eigenvalue weighted by Gasteiger charge is -2.15. The second-order valence-corrected chi connectivity index (χ2v) is 7.83. The van der Waals surface area contributed by atoms with E-state index in [2.05, 4.69) is 62.2 Å². The number of aliphatic imine (C=N–C) groups is 1. The topological polar surface area (TPSA) is 87.2 Å². The fraction of sp³-hybridized carbons (Fsp3) is 0.381. The summed E-state index contributed by atoms with van der Waals surface area (Å²) in [6.45, 7) is 6.39. The lowest BCUT2D eigenvalue weighted by molar-refractivity contribution is 0.415. The van der Waals surface area contributed by atoms with Crippen LogP contribution in [-0.2, 0) is 13.0 Å². The van der Waals surface area contributed by atoms with Crippen molar-refractivity contribution in [1.29, 1.82) is 0 Å². The third-order valence-corrected chi connectivity index (χ3v) is 5.26. The molecule has 7 nitrogen and oxygen atoms in total. The number of methoxy groups -OCH3 is 1. The van der Waals surface area contributed by atoms with Crippen molar-refractivity contribution in [3.8, 4) is 17.1 Å². The first-order valence-electron chi connectivity index (χ1n) is 9.78. The summed E-state index contributed by atoms with van der Waals surface area (Å²) in [6.07, 6.45) is 1.07. The maximum atomic E-state index is 5.19. The molecular formula is C21H28N6OS. The summed E-state index contributed by atoms with van der Waals surface area (Å²) in [4.78, 5) is 10.6. The quantitative estimate of drug-likeness (QED) is 0.370. The van der Waals surface area contributed by atoms with Crippen molar-refractivity contribution < 1.29 is 4.74 Å². The maximum Gasteiger partial charge on any atom is 0.191 e. The first-order chi connectivity index (χ1) is 14.2. The van der Waals surface area contributed by atoms with Gasteiger partial charge < -0.3 is 15.4 Å². The number of hydrogen-bond acceptors (Lipinski definition) is 5. The fourth-order valence-corrected chi connectivity index (χ4v) is 3.72. The SMILES string of the molecule is CCNC(=NCc1nc(-c2ccc(OC)cc2)n[nH]1)NCC(C)Cc1cccs1. The monoisotopic (exact) mass is 412 g/mol. The predicted octanol–water partition coefficient (Wildman–Crippen LogP) is 3.48. The highest BCUT2D eigenvalue weighted by atomic mass is 32.1. The number of guanidine groups is 1. The van der Waals surface area contributed by atoms with E-state index >= 15 is 0 Å². The molecule has 3 N–H and O–H groups in total. The molecule has 0 saturated carbocycles. The molecule has 0 radical (unpaired) electrons. The van der Waals surface area contributed by atoms with Gasteiger partial charge in [-0.15, -0.1) is 11.3 Å². The number of hydrogen-bond donors (Lipinski definition) is 3. The molecule has 0 aliphatic rings. The molecule has 0 amide bonds. The van der Waals surface area contributed by atoms with Crippen LogP contribution in [0.4, 0.5) is 0 Å². The molecule has 1 unspecified atom stereocenters. The van der Waals surface area contributed by atoms with Gasteiger partial charge >= 0.3 is 0 Å². The van der Waals surface area contributed by atoms with Crippen LogP contribution in [0, 0.1) is 5.92 Å². The van der Waals surface area contributed by atoms with Crippen LogP contribution in [-0.4, -0.2) is 41.3 Å². The van der Waals surface area contributed by atoms with Crippen LogP contribution in [0.2, 0.25) is 0 Å². The van der Waals surface area contributed by atoms with E-state index in [-0.39, 0.29) is 0 Å². The molecule has 0 aliphatic carbocycles. The molecule has 154 valence electrons. The Bertz CT molecular complexity index is 888. The average molecular weight is 413 g/mol. The molecule has 29 heavy (non-hydrogen) atoms. The number of H-pyrrole nitrogens is 1. The van der Waals surface area contributed by atoms with Crippen molar-refractivity contribution in [2.75, 3.05) is 20.2 Å². The van der Waals surface area contributed by atoms with Gasteiger partial charge in [0.1, 0.15) is 18.1 Å². The zero-order valence-electron chi connectivity index (χ0n) is 17.1. The van der Waals surface area contributed by atoms with Crippen molar-refractivity contribution in [2.45, 2.75) is 26.8 Å². The van der Waals surface area contributed by atoms with Gasteiger partial charge in [-0.3, -0.25) is 5.10 Å². The van der Waals surface area contributed by atoms with Crippen molar-refractivity contribution in [2.24, 2.45) is 10.9 Å². The zero-order valence-corrected chi connectivity index (χ0v) is 17.9. The van der Waals surface area contributed by atoms with Crippen molar-refractivity contribution in [3.05, 3.63) is 52.5 Å². The molecule has 0 spiro atoms. The predicted molar refractivity (Wildman–Crippen MR) is 118 cm³/mol. The smallest absolute Gasteiger partial charge is 0.191 e. The number of rotatable bonds is 9. The van der Waals surface area contributed by atoms with Crippen LogP contribution in [0.1, 0.15) is 24.5 Å². The second-order valence-electron chi connectivity index (χ2n) is 6.80. The standard InChI is InChI=1S/C21H28N6OS/c1-4-22-21(23-13-15(2)12-18-6-5-11-29-18)24-14-19-25-20(27-26-19)16-7-9-17(28-3)10-8-16/h5-11,15H,4,12-14H2,1-3H3,(H2,22,23,24)(H,25,26,27). The molecule has 3 rings (SSSR count). The number of ether oxygens (including phenoxy) is 1. The molecule has 2 heterocycles. The highest BCUT2D eigenvalue weighted by molar-refractivity contribution is 7.09. The Morgan fingerprint density at radius 1 is 1.24 bits per heavy atom. The number of nitrogens with zero attached hydrogens (tertiary/aromatic N) is 3. The second kappa shape index (κ2) is 10.6. The average Bonchev–Trinajstić information content (AvgIpc) is 3.42. The van der Waals surface area contributed by atoms with Gasteiger partial charge in [0, 0.05) is 23.5 Å². The molecule has 0 saturated heterocycles. The first kappa shape index (κ1) is 20.9. The van der Waals surface area contributed by atoms with Crippen molar-refractivity contribution >= 4 is 17.3 Å². The van der Waals surface area contributed by atoms with Crippen LogP contribution in [0.25, 0.3) is 11.4 Å². The minimum absolute atomic E-state index is 0.428. The summed E-state index contributed by atoms with van der Waals surface area (Å²) in [6, 6.07) is 12.0. The first-order valence-corrected chi connectivity index (χ1v) is 10.7. The van der Waals surface area contributed by atoms with Crippen LogP contribution < -0.4 is 15.4 Å². The van der Waals surface area contributed by atoms with Gasteiger partial charge in [-0.1, -0.05) is 13.0 Å².